The van der Waals surface area contributed by atoms with Crippen LogP contribution in [0.3, 0.4) is 0 Å². The maximum atomic E-state index is 8.69. The summed E-state index contributed by atoms with van der Waals surface area (Å²) in [5.74, 6) is 0.237. The minimum atomic E-state index is 0.237. The summed E-state index contributed by atoms with van der Waals surface area (Å²) in [6.45, 7) is 4.26. The Morgan fingerprint density at radius 2 is 2.25 bits per heavy atom. The predicted octanol–water partition coefficient (Wildman–Crippen LogP) is 2.19. The zero-order chi connectivity index (χ0) is 14.4. The van der Waals surface area contributed by atoms with Crippen molar-refractivity contribution in [2.75, 3.05) is 13.1 Å². The Morgan fingerprint density at radius 1 is 1.40 bits per heavy atom. The van der Waals surface area contributed by atoms with E-state index < -0.39 is 0 Å². The summed E-state index contributed by atoms with van der Waals surface area (Å²) >= 11 is 0. The molecule has 106 valence electrons. The molecule has 0 saturated heterocycles. The van der Waals surface area contributed by atoms with E-state index in [1.807, 2.05) is 12.1 Å². The van der Waals surface area contributed by atoms with Crippen molar-refractivity contribution in [3.8, 4) is 0 Å². The highest BCUT2D eigenvalue weighted by molar-refractivity contribution is 5.81. The largest absolute Gasteiger partial charge is 0.409 e. The van der Waals surface area contributed by atoms with Crippen LogP contribution in [0.1, 0.15) is 18.9 Å². The lowest BCUT2D eigenvalue weighted by molar-refractivity contribution is 0.286. The van der Waals surface area contributed by atoms with E-state index in [2.05, 4.69) is 40.2 Å². The first-order valence-corrected chi connectivity index (χ1v) is 6.75. The van der Waals surface area contributed by atoms with Crippen LogP contribution in [0.4, 0.5) is 0 Å². The van der Waals surface area contributed by atoms with Gasteiger partial charge in [0.05, 0.1) is 12.1 Å². The van der Waals surface area contributed by atoms with E-state index in [0.29, 0.717) is 6.54 Å². The third-order valence-corrected chi connectivity index (χ3v) is 3.13. The van der Waals surface area contributed by atoms with Crippen molar-refractivity contribution in [3.63, 3.8) is 0 Å². The number of fused-ring (bicyclic) bond motifs is 1. The molecule has 5 heteroatoms. The monoisotopic (exact) mass is 272 g/mol. The third-order valence-electron chi connectivity index (χ3n) is 3.13. The molecule has 0 aliphatic heterocycles. The molecule has 5 nitrogen and oxygen atoms in total. The maximum absolute atomic E-state index is 8.69. The van der Waals surface area contributed by atoms with Gasteiger partial charge in [-0.2, -0.15) is 0 Å². The fourth-order valence-electron chi connectivity index (χ4n) is 2.27. The molecule has 0 atom stereocenters. The van der Waals surface area contributed by atoms with Gasteiger partial charge in [-0.05, 0) is 36.7 Å². The standard InChI is InChI=1S/C15H20N4O/c1-2-8-19(11-15(16)18-20)10-12-5-6-14-13(9-12)4-3-7-17-14/h3-7,9,20H,2,8,10-11H2,1H3,(H2,16,18). The Kier molecular flexibility index (Phi) is 4.90. The molecule has 0 saturated carbocycles. The van der Waals surface area contributed by atoms with Crippen LogP contribution in [0.25, 0.3) is 10.9 Å². The first-order chi connectivity index (χ1) is 9.72. The van der Waals surface area contributed by atoms with E-state index in [1.165, 1.54) is 5.56 Å². The fourth-order valence-corrected chi connectivity index (χ4v) is 2.27. The van der Waals surface area contributed by atoms with Crippen molar-refractivity contribution >= 4 is 16.7 Å². The SMILES string of the molecule is CCCN(CC(N)=NO)Cc1ccc2ncccc2c1. The van der Waals surface area contributed by atoms with Gasteiger partial charge in [0.15, 0.2) is 5.84 Å². The van der Waals surface area contributed by atoms with Gasteiger partial charge in [0, 0.05) is 18.1 Å². The van der Waals surface area contributed by atoms with Crippen LogP contribution < -0.4 is 5.73 Å². The summed E-state index contributed by atoms with van der Waals surface area (Å²) in [6, 6.07) is 10.2. The second-order valence-corrected chi connectivity index (χ2v) is 4.83. The number of hydrogen-bond acceptors (Lipinski definition) is 4. The van der Waals surface area contributed by atoms with E-state index in [9.17, 15) is 0 Å². The van der Waals surface area contributed by atoms with Gasteiger partial charge in [-0.1, -0.05) is 24.2 Å². The molecule has 0 unspecified atom stereocenters. The summed E-state index contributed by atoms with van der Waals surface area (Å²) in [7, 11) is 0. The quantitative estimate of drug-likeness (QED) is 0.366. The van der Waals surface area contributed by atoms with Crippen LogP contribution in [-0.4, -0.2) is 34.0 Å². The van der Waals surface area contributed by atoms with Crippen molar-refractivity contribution < 1.29 is 5.21 Å². The number of amidine groups is 1. The van der Waals surface area contributed by atoms with Gasteiger partial charge in [0.25, 0.3) is 0 Å². The molecule has 0 spiro atoms. The van der Waals surface area contributed by atoms with Crippen LogP contribution >= 0.6 is 0 Å². The molecule has 0 aliphatic carbocycles. The predicted molar refractivity (Wildman–Crippen MR) is 80.7 cm³/mol. The minimum absolute atomic E-state index is 0.237. The molecule has 1 aromatic carbocycles. The second kappa shape index (κ2) is 6.86. The molecule has 0 bridgehead atoms. The average Bonchev–Trinajstić information content (AvgIpc) is 2.47. The van der Waals surface area contributed by atoms with Gasteiger partial charge in [-0.3, -0.25) is 9.88 Å². The third kappa shape index (κ3) is 3.68. The van der Waals surface area contributed by atoms with Gasteiger partial charge in [-0.25, -0.2) is 0 Å². The number of nitrogens with zero attached hydrogens (tertiary/aromatic N) is 3. The average molecular weight is 272 g/mol. The summed E-state index contributed by atoms with van der Waals surface area (Å²) < 4.78 is 0. The summed E-state index contributed by atoms with van der Waals surface area (Å²) in [5.41, 5.74) is 7.79. The Morgan fingerprint density at radius 3 is 3.00 bits per heavy atom. The molecule has 1 aromatic heterocycles. The van der Waals surface area contributed by atoms with Crippen molar-refractivity contribution in [3.05, 3.63) is 42.1 Å². The van der Waals surface area contributed by atoms with Gasteiger partial charge in [0.2, 0.25) is 0 Å². The highest BCUT2D eigenvalue weighted by atomic mass is 16.4. The fraction of sp³-hybridized carbons (Fsp3) is 0.333. The number of aromatic nitrogens is 1. The lowest BCUT2D eigenvalue weighted by atomic mass is 10.1. The Hall–Kier alpha value is -2.14. The highest BCUT2D eigenvalue weighted by Gasteiger charge is 2.08. The number of rotatable bonds is 6. The summed E-state index contributed by atoms with van der Waals surface area (Å²) in [5, 5.41) is 12.9. The maximum Gasteiger partial charge on any atom is 0.153 e. The van der Waals surface area contributed by atoms with Gasteiger partial charge in [-0.15, -0.1) is 0 Å². The van der Waals surface area contributed by atoms with Crippen LogP contribution in [0.2, 0.25) is 0 Å². The molecule has 0 aliphatic rings. The molecule has 2 aromatic rings. The topological polar surface area (TPSA) is 74.7 Å². The molecule has 0 radical (unpaired) electrons. The molecular formula is C15H20N4O. The minimum Gasteiger partial charge on any atom is -0.409 e. The molecule has 3 N–H and O–H groups in total. The first-order valence-electron chi connectivity index (χ1n) is 6.75. The highest BCUT2D eigenvalue weighted by Crippen LogP contribution is 2.15. The van der Waals surface area contributed by atoms with Crippen molar-refractivity contribution in [1.29, 1.82) is 0 Å². The van der Waals surface area contributed by atoms with E-state index in [1.54, 1.807) is 6.20 Å². The summed E-state index contributed by atoms with van der Waals surface area (Å²) in [6.07, 6.45) is 2.82. The number of hydrogen-bond donors (Lipinski definition) is 2. The van der Waals surface area contributed by atoms with Gasteiger partial charge >= 0.3 is 0 Å². The van der Waals surface area contributed by atoms with Gasteiger partial charge in [0.1, 0.15) is 0 Å². The lowest BCUT2D eigenvalue weighted by Gasteiger charge is -2.21. The van der Waals surface area contributed by atoms with Crippen LogP contribution in [0, 0.1) is 0 Å². The van der Waals surface area contributed by atoms with Crippen molar-refractivity contribution in [2.24, 2.45) is 10.9 Å². The van der Waals surface area contributed by atoms with E-state index >= 15 is 0 Å². The van der Waals surface area contributed by atoms with E-state index in [-0.39, 0.29) is 5.84 Å². The zero-order valence-corrected chi connectivity index (χ0v) is 11.7. The molecule has 20 heavy (non-hydrogen) atoms. The molecule has 0 amide bonds. The number of benzene rings is 1. The molecular weight excluding hydrogens is 252 g/mol. The molecule has 2 rings (SSSR count). The number of pyridine rings is 1. The lowest BCUT2D eigenvalue weighted by Crippen LogP contribution is -2.34. The number of oxime groups is 1. The van der Waals surface area contributed by atoms with Gasteiger partial charge < -0.3 is 10.9 Å². The van der Waals surface area contributed by atoms with E-state index in [4.69, 9.17) is 10.9 Å². The van der Waals surface area contributed by atoms with Crippen molar-refractivity contribution in [2.45, 2.75) is 19.9 Å². The first kappa shape index (κ1) is 14.3. The Labute approximate surface area is 118 Å². The Bertz CT molecular complexity index is 597. The Balaban J connectivity index is 2.15. The zero-order valence-electron chi connectivity index (χ0n) is 11.7. The smallest absolute Gasteiger partial charge is 0.153 e. The normalized spacial score (nSPS) is 12.2. The molecule has 0 fully saturated rings. The number of nitrogens with two attached hydrogens (primary N) is 1. The second-order valence-electron chi connectivity index (χ2n) is 4.83. The summed E-state index contributed by atoms with van der Waals surface area (Å²) in [4.78, 5) is 6.47. The van der Waals surface area contributed by atoms with Crippen LogP contribution in [0.5, 0.6) is 0 Å². The molecule has 1 heterocycles. The van der Waals surface area contributed by atoms with Crippen LogP contribution in [-0.2, 0) is 6.54 Å². The van der Waals surface area contributed by atoms with Crippen molar-refractivity contribution in [1.82, 2.24) is 9.88 Å². The van der Waals surface area contributed by atoms with E-state index in [0.717, 1.165) is 30.4 Å². The van der Waals surface area contributed by atoms with Crippen LogP contribution in [0.15, 0.2) is 41.7 Å².